The first-order chi connectivity index (χ1) is 6.91. The number of nitrogens with zero attached hydrogens (tertiary/aromatic N) is 1. The Labute approximate surface area is 91.6 Å². The second-order valence-electron chi connectivity index (χ2n) is 5.18. The molecule has 1 amide bonds. The van der Waals surface area contributed by atoms with Gasteiger partial charge in [-0.1, -0.05) is 27.7 Å². The molecule has 4 nitrogen and oxygen atoms in total. The molecule has 1 aliphatic heterocycles. The molecule has 0 saturated carbocycles. The normalized spacial score (nSPS) is 27.1. The molecule has 0 radical (unpaired) electrons. The van der Waals surface area contributed by atoms with Crippen molar-refractivity contribution >= 4 is 5.91 Å². The zero-order valence-corrected chi connectivity index (χ0v) is 10.0. The molecule has 0 aromatic carbocycles. The molecule has 1 heterocycles. The van der Waals surface area contributed by atoms with Crippen LogP contribution in [0.3, 0.4) is 0 Å². The minimum Gasteiger partial charge on any atom is -0.284 e. The van der Waals surface area contributed by atoms with Gasteiger partial charge in [-0.2, -0.15) is 0 Å². The number of amides is 1. The summed E-state index contributed by atoms with van der Waals surface area (Å²) in [5, 5.41) is 13.7. The third kappa shape index (κ3) is 3.18. The second-order valence-corrected chi connectivity index (χ2v) is 5.18. The Bertz CT molecular complexity index is 229. The maximum atomic E-state index is 11.6. The fraction of sp³-hybridized carbons (Fsp3) is 0.909. The highest BCUT2D eigenvalue weighted by Crippen LogP contribution is 2.19. The van der Waals surface area contributed by atoms with Gasteiger partial charge in [0.15, 0.2) is 0 Å². The second kappa shape index (κ2) is 4.94. The van der Waals surface area contributed by atoms with Gasteiger partial charge in [0.2, 0.25) is 0 Å². The minimum absolute atomic E-state index is 0.186. The van der Waals surface area contributed by atoms with Crippen molar-refractivity contribution in [3.8, 4) is 0 Å². The van der Waals surface area contributed by atoms with E-state index in [0.29, 0.717) is 11.8 Å². The van der Waals surface area contributed by atoms with Crippen LogP contribution < -0.4 is 5.32 Å². The molecule has 2 N–H and O–H groups in total. The van der Waals surface area contributed by atoms with Crippen LogP contribution in [-0.4, -0.2) is 28.4 Å². The molecule has 0 aliphatic carbocycles. The van der Waals surface area contributed by atoms with Crippen LogP contribution in [-0.2, 0) is 4.79 Å². The van der Waals surface area contributed by atoms with E-state index in [4.69, 9.17) is 0 Å². The standard InChI is InChI=1S/C11H22N2O2/c1-7(2)5-9-11(14)13(15)10(12-9)6-8(3)4/h7-10,12,15H,5-6H2,1-4H3. The summed E-state index contributed by atoms with van der Waals surface area (Å²) in [6.07, 6.45) is 1.36. The Morgan fingerprint density at radius 3 is 2.27 bits per heavy atom. The summed E-state index contributed by atoms with van der Waals surface area (Å²) in [6.45, 7) is 8.31. The van der Waals surface area contributed by atoms with Crippen molar-refractivity contribution in [3.05, 3.63) is 0 Å². The van der Waals surface area contributed by atoms with E-state index in [1.165, 1.54) is 0 Å². The van der Waals surface area contributed by atoms with Gasteiger partial charge >= 0.3 is 0 Å². The summed E-state index contributed by atoms with van der Waals surface area (Å²) in [7, 11) is 0. The van der Waals surface area contributed by atoms with Gasteiger partial charge < -0.3 is 0 Å². The predicted molar refractivity (Wildman–Crippen MR) is 58.3 cm³/mol. The average molecular weight is 214 g/mol. The third-order valence-electron chi connectivity index (χ3n) is 2.61. The van der Waals surface area contributed by atoms with E-state index in [9.17, 15) is 10.0 Å². The van der Waals surface area contributed by atoms with E-state index in [2.05, 4.69) is 33.0 Å². The highest BCUT2D eigenvalue weighted by atomic mass is 16.5. The maximum absolute atomic E-state index is 11.6. The number of hydrogen-bond donors (Lipinski definition) is 2. The van der Waals surface area contributed by atoms with Crippen molar-refractivity contribution in [1.29, 1.82) is 0 Å². The summed E-state index contributed by atoms with van der Waals surface area (Å²) < 4.78 is 0. The van der Waals surface area contributed by atoms with Crippen LogP contribution in [0.2, 0.25) is 0 Å². The van der Waals surface area contributed by atoms with Gasteiger partial charge in [0.1, 0.15) is 6.17 Å². The summed E-state index contributed by atoms with van der Waals surface area (Å²) in [4.78, 5) is 11.6. The van der Waals surface area contributed by atoms with Crippen LogP contribution in [0.5, 0.6) is 0 Å². The molecule has 0 aromatic heterocycles. The van der Waals surface area contributed by atoms with Gasteiger partial charge in [0.05, 0.1) is 6.04 Å². The molecule has 1 rings (SSSR count). The lowest BCUT2D eigenvalue weighted by molar-refractivity contribution is -0.167. The fourth-order valence-corrected chi connectivity index (χ4v) is 1.94. The highest BCUT2D eigenvalue weighted by Gasteiger charge is 2.38. The van der Waals surface area contributed by atoms with Crippen molar-refractivity contribution in [2.24, 2.45) is 11.8 Å². The van der Waals surface area contributed by atoms with Gasteiger partial charge in [0.25, 0.3) is 5.91 Å². The molecule has 15 heavy (non-hydrogen) atoms. The van der Waals surface area contributed by atoms with Crippen molar-refractivity contribution in [2.75, 3.05) is 0 Å². The molecule has 88 valence electrons. The first-order valence-corrected chi connectivity index (χ1v) is 5.69. The van der Waals surface area contributed by atoms with E-state index in [1.54, 1.807) is 0 Å². The summed E-state index contributed by atoms with van der Waals surface area (Å²) in [5.74, 6) is 0.731. The first kappa shape index (κ1) is 12.5. The molecule has 4 heteroatoms. The SMILES string of the molecule is CC(C)CC1NC(CC(C)C)N(O)C1=O. The number of carbonyl (C=O) groups excluding carboxylic acids is 1. The quantitative estimate of drug-likeness (QED) is 0.699. The van der Waals surface area contributed by atoms with Gasteiger partial charge in [0, 0.05) is 0 Å². The van der Waals surface area contributed by atoms with E-state index in [0.717, 1.165) is 17.9 Å². The summed E-state index contributed by atoms with van der Waals surface area (Å²) >= 11 is 0. The van der Waals surface area contributed by atoms with Gasteiger partial charge in [-0.3, -0.25) is 15.3 Å². The Morgan fingerprint density at radius 2 is 1.80 bits per heavy atom. The van der Waals surface area contributed by atoms with E-state index < -0.39 is 0 Å². The summed E-state index contributed by atoms with van der Waals surface area (Å²) in [5.41, 5.74) is 0. The van der Waals surface area contributed by atoms with Crippen molar-refractivity contribution in [1.82, 2.24) is 10.4 Å². The average Bonchev–Trinajstić information content (AvgIpc) is 2.32. The molecule has 2 unspecified atom stereocenters. The minimum atomic E-state index is -0.209. The van der Waals surface area contributed by atoms with Crippen molar-refractivity contribution < 1.29 is 10.0 Å². The fourth-order valence-electron chi connectivity index (χ4n) is 1.94. The van der Waals surface area contributed by atoms with Crippen LogP contribution in [0.15, 0.2) is 0 Å². The van der Waals surface area contributed by atoms with Gasteiger partial charge in [-0.25, -0.2) is 5.06 Å². The molecular weight excluding hydrogens is 192 g/mol. The number of nitrogens with one attached hydrogen (secondary N) is 1. The van der Waals surface area contributed by atoms with Crippen LogP contribution >= 0.6 is 0 Å². The first-order valence-electron chi connectivity index (χ1n) is 5.69. The number of rotatable bonds is 4. The van der Waals surface area contributed by atoms with Gasteiger partial charge in [-0.15, -0.1) is 0 Å². The molecule has 0 aromatic rings. The van der Waals surface area contributed by atoms with Crippen molar-refractivity contribution in [2.45, 2.75) is 52.7 Å². The molecular formula is C11H22N2O2. The highest BCUT2D eigenvalue weighted by molar-refractivity contribution is 5.83. The maximum Gasteiger partial charge on any atom is 0.264 e. The molecule has 1 aliphatic rings. The lowest BCUT2D eigenvalue weighted by Crippen LogP contribution is -2.36. The number of hydrogen-bond acceptors (Lipinski definition) is 3. The Hall–Kier alpha value is -0.610. The van der Waals surface area contributed by atoms with Crippen LogP contribution in [0.1, 0.15) is 40.5 Å². The van der Waals surface area contributed by atoms with E-state index in [-0.39, 0.29) is 18.1 Å². The Balaban J connectivity index is 2.55. The molecule has 0 bridgehead atoms. The monoisotopic (exact) mass is 214 g/mol. The van der Waals surface area contributed by atoms with E-state index in [1.807, 2.05) is 0 Å². The molecule has 1 saturated heterocycles. The van der Waals surface area contributed by atoms with Crippen LogP contribution in [0.25, 0.3) is 0 Å². The number of hydroxylamine groups is 2. The molecule has 2 atom stereocenters. The van der Waals surface area contributed by atoms with Gasteiger partial charge in [-0.05, 0) is 24.7 Å². The Kier molecular flexibility index (Phi) is 4.11. The third-order valence-corrected chi connectivity index (χ3v) is 2.61. The van der Waals surface area contributed by atoms with E-state index >= 15 is 0 Å². The lowest BCUT2D eigenvalue weighted by Gasteiger charge is -2.18. The zero-order chi connectivity index (χ0) is 11.6. The largest absolute Gasteiger partial charge is 0.284 e. The van der Waals surface area contributed by atoms with Crippen molar-refractivity contribution in [3.63, 3.8) is 0 Å². The zero-order valence-electron chi connectivity index (χ0n) is 10.0. The molecule has 0 spiro atoms. The lowest BCUT2D eigenvalue weighted by atomic mass is 10.0. The van der Waals surface area contributed by atoms with Crippen LogP contribution in [0, 0.1) is 11.8 Å². The topological polar surface area (TPSA) is 52.6 Å². The number of carbonyl (C=O) groups is 1. The molecule has 1 fully saturated rings. The predicted octanol–water partition coefficient (Wildman–Crippen LogP) is 1.59. The Morgan fingerprint density at radius 1 is 1.27 bits per heavy atom. The smallest absolute Gasteiger partial charge is 0.264 e. The van der Waals surface area contributed by atoms with Crippen LogP contribution in [0.4, 0.5) is 0 Å². The summed E-state index contributed by atoms with van der Waals surface area (Å²) in [6, 6.07) is -0.209.